The summed E-state index contributed by atoms with van der Waals surface area (Å²) < 4.78 is 0.264. The van der Waals surface area contributed by atoms with Gasteiger partial charge < -0.3 is 5.32 Å². The van der Waals surface area contributed by atoms with Crippen LogP contribution < -0.4 is 5.32 Å². The number of halogens is 1. The van der Waals surface area contributed by atoms with Gasteiger partial charge in [-0.1, -0.05) is 32.4 Å². The lowest BCUT2D eigenvalue weighted by Crippen LogP contribution is -2.26. The highest BCUT2D eigenvalue weighted by atomic mass is 35.5. The Kier molecular flexibility index (Phi) is 8.60. The number of rotatable bonds is 8. The molecule has 0 saturated heterocycles. The topological polar surface area (TPSA) is 29.1 Å². The van der Waals surface area contributed by atoms with E-state index >= 15 is 0 Å². The van der Waals surface area contributed by atoms with Crippen LogP contribution in [0, 0.1) is 0 Å². The Balaban J connectivity index is 2.04. The molecule has 1 N–H and O–H groups in total. The van der Waals surface area contributed by atoms with Gasteiger partial charge in [0.25, 0.3) is 0 Å². The highest BCUT2D eigenvalue weighted by molar-refractivity contribution is 8.00. The highest BCUT2D eigenvalue weighted by Crippen LogP contribution is 2.22. The van der Waals surface area contributed by atoms with Crippen LogP contribution in [-0.2, 0) is 4.79 Å². The second-order valence-electron chi connectivity index (χ2n) is 5.72. The summed E-state index contributed by atoms with van der Waals surface area (Å²) in [6.07, 6.45) is 1.49. The van der Waals surface area contributed by atoms with Crippen molar-refractivity contribution in [2.45, 2.75) is 43.3 Å². The van der Waals surface area contributed by atoms with Crippen LogP contribution >= 0.6 is 35.1 Å². The number of amides is 1. The van der Waals surface area contributed by atoms with E-state index in [1.54, 1.807) is 11.8 Å². The molecule has 0 atom stereocenters. The standard InChI is InChI=1S/C16H24ClNOS2/c1-16(2,3)21-12-10-18-15(19)5-4-11-20-14-8-6-13(17)7-9-14/h6-9H,4-5,10-12H2,1-3H3,(H,18,19). The van der Waals surface area contributed by atoms with Gasteiger partial charge in [0.1, 0.15) is 0 Å². The Hall–Kier alpha value is -0.320. The van der Waals surface area contributed by atoms with Crippen molar-refractivity contribution in [2.75, 3.05) is 18.1 Å². The van der Waals surface area contributed by atoms with E-state index in [4.69, 9.17) is 11.6 Å². The van der Waals surface area contributed by atoms with Gasteiger partial charge >= 0.3 is 0 Å². The first-order valence-electron chi connectivity index (χ1n) is 7.16. The molecule has 0 radical (unpaired) electrons. The molecule has 0 fully saturated rings. The average Bonchev–Trinajstić information content (AvgIpc) is 2.41. The lowest BCUT2D eigenvalue weighted by molar-refractivity contribution is -0.120. The molecule has 1 aromatic carbocycles. The molecule has 1 rings (SSSR count). The Labute approximate surface area is 141 Å². The molecule has 0 unspecified atom stereocenters. The van der Waals surface area contributed by atoms with Crippen LogP contribution in [0.2, 0.25) is 5.02 Å². The summed E-state index contributed by atoms with van der Waals surface area (Å²) in [4.78, 5) is 12.9. The maximum atomic E-state index is 11.7. The van der Waals surface area contributed by atoms with E-state index in [-0.39, 0.29) is 10.7 Å². The summed E-state index contributed by atoms with van der Waals surface area (Å²) in [6, 6.07) is 7.81. The van der Waals surface area contributed by atoms with Crippen molar-refractivity contribution in [3.05, 3.63) is 29.3 Å². The molecule has 2 nitrogen and oxygen atoms in total. The molecule has 0 heterocycles. The van der Waals surface area contributed by atoms with Gasteiger partial charge in [0.15, 0.2) is 0 Å². The molecule has 1 aromatic rings. The molecule has 0 aliphatic rings. The van der Waals surface area contributed by atoms with Gasteiger partial charge in [0, 0.05) is 33.4 Å². The molecule has 0 aromatic heterocycles. The van der Waals surface area contributed by atoms with Gasteiger partial charge in [-0.25, -0.2) is 0 Å². The summed E-state index contributed by atoms with van der Waals surface area (Å²) in [5.41, 5.74) is 0. The molecule has 5 heteroatoms. The fourth-order valence-electron chi connectivity index (χ4n) is 1.59. The number of hydrogen-bond acceptors (Lipinski definition) is 3. The predicted molar refractivity (Wildman–Crippen MR) is 96.6 cm³/mol. The Bertz CT molecular complexity index is 429. The number of carbonyl (C=O) groups is 1. The fraction of sp³-hybridized carbons (Fsp3) is 0.562. The number of thioether (sulfide) groups is 2. The van der Waals surface area contributed by atoms with E-state index in [0.29, 0.717) is 6.42 Å². The lowest BCUT2D eigenvalue weighted by Gasteiger charge is -2.17. The number of nitrogens with one attached hydrogen (secondary N) is 1. The summed E-state index contributed by atoms with van der Waals surface area (Å²) in [7, 11) is 0. The minimum absolute atomic E-state index is 0.154. The van der Waals surface area contributed by atoms with E-state index in [2.05, 4.69) is 26.1 Å². The summed E-state index contributed by atoms with van der Waals surface area (Å²) in [6.45, 7) is 7.32. The highest BCUT2D eigenvalue weighted by Gasteiger charge is 2.09. The molecule has 0 aliphatic carbocycles. The summed E-state index contributed by atoms with van der Waals surface area (Å²) in [5, 5.41) is 3.73. The Morgan fingerprint density at radius 1 is 1.19 bits per heavy atom. The lowest BCUT2D eigenvalue weighted by atomic mass is 10.3. The number of carbonyl (C=O) groups excluding carboxylic acids is 1. The van der Waals surface area contributed by atoms with Crippen LogP contribution in [0.1, 0.15) is 33.6 Å². The van der Waals surface area contributed by atoms with Crippen molar-refractivity contribution in [1.29, 1.82) is 0 Å². The Morgan fingerprint density at radius 3 is 2.48 bits per heavy atom. The van der Waals surface area contributed by atoms with Crippen LogP contribution in [0.4, 0.5) is 0 Å². The molecule has 1 amide bonds. The minimum atomic E-state index is 0.154. The Morgan fingerprint density at radius 2 is 1.86 bits per heavy atom. The summed E-state index contributed by atoms with van der Waals surface area (Å²) >= 11 is 9.47. The predicted octanol–water partition coefficient (Wildman–Crippen LogP) is 4.86. The third-order valence-corrected chi connectivity index (χ3v) is 5.21. The van der Waals surface area contributed by atoms with Crippen LogP contribution in [0.25, 0.3) is 0 Å². The zero-order chi connectivity index (χ0) is 15.7. The molecule has 118 valence electrons. The SMILES string of the molecule is CC(C)(C)SCCNC(=O)CCCSc1ccc(Cl)cc1. The first kappa shape index (κ1) is 18.7. The van der Waals surface area contributed by atoms with E-state index in [1.165, 1.54) is 4.90 Å². The van der Waals surface area contributed by atoms with Gasteiger partial charge in [-0.15, -0.1) is 11.8 Å². The van der Waals surface area contributed by atoms with Gasteiger partial charge in [-0.2, -0.15) is 11.8 Å². The monoisotopic (exact) mass is 345 g/mol. The van der Waals surface area contributed by atoms with Crippen molar-refractivity contribution in [3.8, 4) is 0 Å². The average molecular weight is 346 g/mol. The van der Waals surface area contributed by atoms with Crippen LogP contribution in [0.3, 0.4) is 0 Å². The molecule has 0 saturated carbocycles. The maximum Gasteiger partial charge on any atom is 0.220 e. The van der Waals surface area contributed by atoms with Crippen molar-refractivity contribution in [1.82, 2.24) is 5.32 Å². The smallest absolute Gasteiger partial charge is 0.220 e. The van der Waals surface area contributed by atoms with Gasteiger partial charge in [0.05, 0.1) is 0 Å². The number of hydrogen-bond donors (Lipinski definition) is 1. The largest absolute Gasteiger partial charge is 0.355 e. The summed E-state index contributed by atoms with van der Waals surface area (Å²) in [5.74, 6) is 2.07. The van der Waals surface area contributed by atoms with E-state index in [1.807, 2.05) is 36.0 Å². The number of benzene rings is 1. The van der Waals surface area contributed by atoms with Crippen LogP contribution in [-0.4, -0.2) is 28.7 Å². The minimum Gasteiger partial charge on any atom is -0.355 e. The molecule has 0 bridgehead atoms. The molecular formula is C16H24ClNOS2. The molecule has 0 aliphatic heterocycles. The molecule has 0 spiro atoms. The molecular weight excluding hydrogens is 322 g/mol. The van der Waals surface area contributed by atoms with Crippen molar-refractivity contribution in [2.24, 2.45) is 0 Å². The fourth-order valence-corrected chi connectivity index (χ4v) is 3.39. The first-order valence-corrected chi connectivity index (χ1v) is 9.51. The first-order chi connectivity index (χ1) is 9.87. The normalized spacial score (nSPS) is 11.4. The van der Waals surface area contributed by atoms with Gasteiger partial charge in [-0.05, 0) is 36.4 Å². The second-order valence-corrected chi connectivity index (χ2v) is 9.24. The van der Waals surface area contributed by atoms with Crippen LogP contribution in [0.15, 0.2) is 29.2 Å². The van der Waals surface area contributed by atoms with Gasteiger partial charge in [-0.3, -0.25) is 4.79 Å². The van der Waals surface area contributed by atoms with E-state index in [0.717, 1.165) is 29.5 Å². The zero-order valence-electron chi connectivity index (χ0n) is 12.9. The molecule has 21 heavy (non-hydrogen) atoms. The third kappa shape index (κ3) is 10.1. The van der Waals surface area contributed by atoms with Crippen LogP contribution in [0.5, 0.6) is 0 Å². The van der Waals surface area contributed by atoms with E-state index in [9.17, 15) is 4.79 Å². The maximum absolute atomic E-state index is 11.7. The zero-order valence-corrected chi connectivity index (χ0v) is 15.3. The van der Waals surface area contributed by atoms with E-state index < -0.39 is 0 Å². The third-order valence-electron chi connectivity index (χ3n) is 2.59. The van der Waals surface area contributed by atoms with Gasteiger partial charge in [0.2, 0.25) is 5.91 Å². The second kappa shape index (κ2) is 9.65. The quantitative estimate of drug-likeness (QED) is 0.539. The van der Waals surface area contributed by atoms with Crippen molar-refractivity contribution in [3.63, 3.8) is 0 Å². The van der Waals surface area contributed by atoms with Crippen molar-refractivity contribution >= 4 is 41.0 Å². The van der Waals surface area contributed by atoms with Crippen molar-refractivity contribution < 1.29 is 4.79 Å².